The summed E-state index contributed by atoms with van der Waals surface area (Å²) in [6, 6.07) is 11.2. The maximum Gasteiger partial charge on any atom is 0.127 e. The quantitative estimate of drug-likeness (QED) is 0.828. The number of rotatable bonds is 5. The summed E-state index contributed by atoms with van der Waals surface area (Å²) in [5, 5.41) is 0. The van der Waals surface area contributed by atoms with E-state index < -0.39 is 5.82 Å². The van der Waals surface area contributed by atoms with Gasteiger partial charge in [-0.2, -0.15) is 0 Å². The Morgan fingerprint density at radius 1 is 1.05 bits per heavy atom. The molecular formula is C16H17F2NO. The zero-order chi connectivity index (χ0) is 14.5. The van der Waals surface area contributed by atoms with Crippen LogP contribution in [0.3, 0.4) is 0 Å². The summed E-state index contributed by atoms with van der Waals surface area (Å²) in [5.41, 5.74) is 1.42. The van der Waals surface area contributed by atoms with E-state index in [-0.39, 0.29) is 5.82 Å². The molecule has 2 rings (SSSR count). The first-order valence-electron chi connectivity index (χ1n) is 6.34. The van der Waals surface area contributed by atoms with Crippen LogP contribution in [0, 0.1) is 11.6 Å². The highest BCUT2D eigenvalue weighted by Crippen LogP contribution is 2.16. The van der Waals surface area contributed by atoms with E-state index in [1.165, 1.54) is 6.07 Å². The molecule has 2 aromatic rings. The van der Waals surface area contributed by atoms with Gasteiger partial charge in [0.1, 0.15) is 17.4 Å². The molecule has 0 radical (unpaired) electrons. The SMILES string of the molecule is COc1cccc(CN(C)Cc2cc(F)ccc2F)c1. The van der Waals surface area contributed by atoms with Crippen LogP contribution < -0.4 is 4.74 Å². The number of methoxy groups -OCH3 is 1. The summed E-state index contributed by atoms with van der Waals surface area (Å²) in [4.78, 5) is 1.92. The molecule has 0 atom stereocenters. The molecule has 2 nitrogen and oxygen atoms in total. The minimum absolute atomic E-state index is 0.348. The third kappa shape index (κ3) is 3.78. The van der Waals surface area contributed by atoms with Crippen molar-refractivity contribution in [2.45, 2.75) is 13.1 Å². The number of nitrogens with zero attached hydrogens (tertiary/aromatic N) is 1. The zero-order valence-corrected chi connectivity index (χ0v) is 11.6. The van der Waals surface area contributed by atoms with Gasteiger partial charge in [0.2, 0.25) is 0 Å². The van der Waals surface area contributed by atoms with Gasteiger partial charge in [0.15, 0.2) is 0 Å². The Bertz CT molecular complexity index is 586. The zero-order valence-electron chi connectivity index (χ0n) is 11.6. The molecule has 0 heterocycles. The van der Waals surface area contributed by atoms with Gasteiger partial charge in [0.05, 0.1) is 7.11 Å². The van der Waals surface area contributed by atoms with E-state index in [1.54, 1.807) is 7.11 Å². The highest BCUT2D eigenvalue weighted by atomic mass is 19.1. The lowest BCUT2D eigenvalue weighted by atomic mass is 10.1. The molecule has 106 valence electrons. The fourth-order valence-electron chi connectivity index (χ4n) is 2.09. The molecule has 0 aromatic heterocycles. The second-order valence-corrected chi connectivity index (χ2v) is 4.76. The predicted octanol–water partition coefficient (Wildman–Crippen LogP) is 3.61. The number of halogens is 2. The molecule has 0 amide bonds. The van der Waals surface area contributed by atoms with Crippen LogP contribution in [0.15, 0.2) is 42.5 Å². The standard InChI is InChI=1S/C16H17F2NO/c1-19(10-12-4-3-5-15(8-12)20-2)11-13-9-14(17)6-7-16(13)18/h3-9H,10-11H2,1-2H3. The maximum atomic E-state index is 13.6. The van der Waals surface area contributed by atoms with Gasteiger partial charge in [-0.05, 0) is 42.9 Å². The molecule has 0 saturated heterocycles. The van der Waals surface area contributed by atoms with Crippen molar-refractivity contribution in [3.63, 3.8) is 0 Å². The molecular weight excluding hydrogens is 260 g/mol. The van der Waals surface area contributed by atoms with Crippen molar-refractivity contribution in [3.05, 3.63) is 65.2 Å². The minimum atomic E-state index is -0.420. The van der Waals surface area contributed by atoms with E-state index in [0.29, 0.717) is 18.7 Å². The molecule has 0 aliphatic carbocycles. The largest absolute Gasteiger partial charge is 0.497 e. The fourth-order valence-corrected chi connectivity index (χ4v) is 2.09. The normalized spacial score (nSPS) is 10.8. The van der Waals surface area contributed by atoms with Crippen LogP contribution in [0.25, 0.3) is 0 Å². The third-order valence-corrected chi connectivity index (χ3v) is 3.03. The van der Waals surface area contributed by atoms with Crippen molar-refractivity contribution in [2.75, 3.05) is 14.2 Å². The maximum absolute atomic E-state index is 13.6. The van der Waals surface area contributed by atoms with Crippen LogP contribution in [0.1, 0.15) is 11.1 Å². The molecule has 20 heavy (non-hydrogen) atoms. The van der Waals surface area contributed by atoms with E-state index >= 15 is 0 Å². The van der Waals surface area contributed by atoms with Crippen LogP contribution in [0.2, 0.25) is 0 Å². The minimum Gasteiger partial charge on any atom is -0.497 e. The summed E-state index contributed by atoms with van der Waals surface area (Å²) in [5.74, 6) is -0.0205. The van der Waals surface area contributed by atoms with Crippen LogP contribution in [-0.2, 0) is 13.1 Å². The van der Waals surface area contributed by atoms with Gasteiger partial charge in [-0.15, -0.1) is 0 Å². The van der Waals surface area contributed by atoms with Gasteiger partial charge >= 0.3 is 0 Å². The van der Waals surface area contributed by atoms with E-state index in [1.807, 2.05) is 36.2 Å². The summed E-state index contributed by atoms with van der Waals surface area (Å²) >= 11 is 0. The molecule has 0 N–H and O–H groups in total. The molecule has 0 spiro atoms. The van der Waals surface area contributed by atoms with Crippen molar-refractivity contribution in [1.29, 1.82) is 0 Å². The Kier molecular flexibility index (Phi) is 4.69. The molecule has 0 saturated carbocycles. The highest BCUT2D eigenvalue weighted by molar-refractivity contribution is 5.28. The van der Waals surface area contributed by atoms with Gasteiger partial charge in [0, 0.05) is 18.7 Å². The molecule has 0 bridgehead atoms. The van der Waals surface area contributed by atoms with Crippen LogP contribution in [0.5, 0.6) is 5.75 Å². The first-order chi connectivity index (χ1) is 9.58. The predicted molar refractivity (Wildman–Crippen MR) is 74.5 cm³/mol. The smallest absolute Gasteiger partial charge is 0.127 e. The van der Waals surface area contributed by atoms with Crippen molar-refractivity contribution in [3.8, 4) is 5.75 Å². The molecule has 4 heteroatoms. The van der Waals surface area contributed by atoms with E-state index in [4.69, 9.17) is 4.74 Å². The van der Waals surface area contributed by atoms with Gasteiger partial charge in [-0.3, -0.25) is 4.90 Å². The van der Waals surface area contributed by atoms with Gasteiger partial charge < -0.3 is 4.74 Å². The highest BCUT2D eigenvalue weighted by Gasteiger charge is 2.08. The number of ether oxygens (including phenoxy) is 1. The monoisotopic (exact) mass is 277 g/mol. The summed E-state index contributed by atoms with van der Waals surface area (Å²) in [7, 11) is 3.48. The topological polar surface area (TPSA) is 12.5 Å². The van der Waals surface area contributed by atoms with Gasteiger partial charge in [0.25, 0.3) is 0 Å². The van der Waals surface area contributed by atoms with Crippen molar-refractivity contribution in [1.82, 2.24) is 4.90 Å². The van der Waals surface area contributed by atoms with Crippen LogP contribution >= 0.6 is 0 Å². The fraction of sp³-hybridized carbons (Fsp3) is 0.250. The Labute approximate surface area is 117 Å². The molecule has 0 aliphatic heterocycles. The lowest BCUT2D eigenvalue weighted by molar-refractivity contribution is 0.312. The number of hydrogen-bond acceptors (Lipinski definition) is 2. The first kappa shape index (κ1) is 14.5. The summed E-state index contributed by atoms with van der Waals surface area (Å²) in [6.07, 6.45) is 0. The van der Waals surface area contributed by atoms with Crippen molar-refractivity contribution in [2.24, 2.45) is 0 Å². The summed E-state index contributed by atoms with van der Waals surface area (Å²) in [6.45, 7) is 0.980. The Balaban J connectivity index is 2.04. The number of benzene rings is 2. The van der Waals surface area contributed by atoms with E-state index in [0.717, 1.165) is 23.4 Å². The lowest BCUT2D eigenvalue weighted by Gasteiger charge is -2.17. The first-order valence-corrected chi connectivity index (χ1v) is 6.34. The van der Waals surface area contributed by atoms with Crippen LogP contribution in [0.4, 0.5) is 8.78 Å². The van der Waals surface area contributed by atoms with E-state index in [9.17, 15) is 8.78 Å². The van der Waals surface area contributed by atoms with Gasteiger partial charge in [-0.25, -0.2) is 8.78 Å². The van der Waals surface area contributed by atoms with E-state index in [2.05, 4.69) is 0 Å². The molecule has 0 aliphatic rings. The van der Waals surface area contributed by atoms with Crippen LogP contribution in [-0.4, -0.2) is 19.1 Å². The second kappa shape index (κ2) is 6.48. The van der Waals surface area contributed by atoms with Crippen molar-refractivity contribution >= 4 is 0 Å². The lowest BCUT2D eigenvalue weighted by Crippen LogP contribution is -2.18. The Morgan fingerprint density at radius 3 is 2.60 bits per heavy atom. The summed E-state index contributed by atoms with van der Waals surface area (Å²) < 4.78 is 31.9. The van der Waals surface area contributed by atoms with Crippen molar-refractivity contribution < 1.29 is 13.5 Å². The van der Waals surface area contributed by atoms with Gasteiger partial charge in [-0.1, -0.05) is 12.1 Å². The third-order valence-electron chi connectivity index (χ3n) is 3.03. The average molecular weight is 277 g/mol. The Hall–Kier alpha value is -1.94. The second-order valence-electron chi connectivity index (χ2n) is 4.76. The average Bonchev–Trinajstić information content (AvgIpc) is 2.43. The molecule has 2 aromatic carbocycles. The molecule has 0 unspecified atom stereocenters. The molecule has 0 fully saturated rings. The Morgan fingerprint density at radius 2 is 1.85 bits per heavy atom. The number of hydrogen-bond donors (Lipinski definition) is 0.